The van der Waals surface area contributed by atoms with E-state index in [1.165, 1.54) is 13.2 Å². The van der Waals surface area contributed by atoms with Crippen LogP contribution >= 0.6 is 11.6 Å². The van der Waals surface area contributed by atoms with E-state index in [0.29, 0.717) is 28.4 Å². The lowest BCUT2D eigenvalue weighted by Gasteiger charge is -2.27. The molecule has 1 amide bonds. The first-order chi connectivity index (χ1) is 14.6. The second-order valence-electron chi connectivity index (χ2n) is 8.27. The highest BCUT2D eigenvalue weighted by Crippen LogP contribution is 2.43. The Balaban J connectivity index is 2.11. The lowest BCUT2D eigenvalue weighted by molar-refractivity contribution is -0.137. The number of rotatable bonds is 4. The highest BCUT2D eigenvalue weighted by Gasteiger charge is 2.35. The summed E-state index contributed by atoms with van der Waals surface area (Å²) in [5.41, 5.74) is 2.46. The van der Waals surface area contributed by atoms with Crippen molar-refractivity contribution in [3.63, 3.8) is 0 Å². The van der Waals surface area contributed by atoms with Crippen molar-refractivity contribution in [2.45, 2.75) is 52.8 Å². The molecular weight excluding hydrogens is 420 g/mol. The molecule has 31 heavy (non-hydrogen) atoms. The number of ether oxygens (including phenoxy) is 3. The minimum Gasteiger partial charge on any atom is -0.495 e. The molecule has 0 spiro atoms. The fourth-order valence-electron chi connectivity index (χ4n) is 3.66. The maximum atomic E-state index is 12.7. The van der Waals surface area contributed by atoms with Gasteiger partial charge in [0.25, 0.3) is 0 Å². The predicted molar refractivity (Wildman–Crippen MR) is 119 cm³/mol. The lowest BCUT2D eigenvalue weighted by atomic mass is 9.98. The summed E-state index contributed by atoms with van der Waals surface area (Å²) in [5, 5.41) is 1.15. The fraction of sp³-hybridized carbons (Fsp3) is 0.435. The van der Waals surface area contributed by atoms with Gasteiger partial charge in [-0.3, -0.25) is 9.88 Å². The van der Waals surface area contributed by atoms with Crippen LogP contribution in [0.4, 0.5) is 4.79 Å². The molecule has 0 unspecified atom stereocenters. The first kappa shape index (κ1) is 22.9. The van der Waals surface area contributed by atoms with E-state index in [-0.39, 0.29) is 18.7 Å². The van der Waals surface area contributed by atoms with Gasteiger partial charge in [-0.15, -0.1) is 0 Å². The topological polar surface area (TPSA) is 78.0 Å². The normalized spacial score (nSPS) is 16.0. The number of halogens is 1. The van der Waals surface area contributed by atoms with Gasteiger partial charge in [0.05, 0.1) is 36.8 Å². The maximum Gasteiger partial charge on any atom is 0.411 e. The summed E-state index contributed by atoms with van der Waals surface area (Å²) in [6.07, 6.45) is 4.25. The van der Waals surface area contributed by atoms with Gasteiger partial charge in [0, 0.05) is 23.2 Å². The molecule has 2 heterocycles. The summed E-state index contributed by atoms with van der Waals surface area (Å²) in [7, 11) is 1.53. The largest absolute Gasteiger partial charge is 0.495 e. The number of methoxy groups -OCH3 is 1. The Labute approximate surface area is 186 Å². The summed E-state index contributed by atoms with van der Waals surface area (Å²) in [6, 6.07) is 1.59. The molecule has 0 radical (unpaired) electrons. The van der Waals surface area contributed by atoms with Gasteiger partial charge in [0.1, 0.15) is 11.4 Å². The zero-order chi connectivity index (χ0) is 22.9. The number of aromatic nitrogens is 1. The number of nitrogens with zero attached hydrogens (tertiary/aromatic N) is 2. The van der Waals surface area contributed by atoms with Crippen LogP contribution in [-0.4, -0.2) is 41.3 Å². The maximum absolute atomic E-state index is 12.7. The Morgan fingerprint density at radius 2 is 2.06 bits per heavy atom. The Morgan fingerprint density at radius 3 is 2.68 bits per heavy atom. The van der Waals surface area contributed by atoms with Crippen molar-refractivity contribution in [3.8, 4) is 5.75 Å². The number of fused-ring (bicyclic) bond motifs is 3. The van der Waals surface area contributed by atoms with E-state index in [2.05, 4.69) is 4.98 Å². The highest BCUT2D eigenvalue weighted by atomic mass is 35.5. The van der Waals surface area contributed by atoms with Crippen molar-refractivity contribution in [2.24, 2.45) is 0 Å². The van der Waals surface area contributed by atoms with Crippen molar-refractivity contribution >= 4 is 40.6 Å². The lowest BCUT2D eigenvalue weighted by Crippen LogP contribution is -2.35. The number of hydrogen-bond donors (Lipinski definition) is 0. The van der Waals surface area contributed by atoms with Gasteiger partial charge in [-0.2, -0.15) is 0 Å². The fourth-order valence-corrected chi connectivity index (χ4v) is 3.94. The van der Waals surface area contributed by atoms with Crippen LogP contribution in [0, 0.1) is 0 Å². The van der Waals surface area contributed by atoms with Crippen LogP contribution in [0.1, 0.15) is 57.4 Å². The molecular formula is C23H27ClN2O5. The molecule has 8 heteroatoms. The Bertz CT molecular complexity index is 1060. The number of hydrogen-bond acceptors (Lipinski definition) is 6. The molecule has 1 aliphatic rings. The Hall–Kier alpha value is -2.80. The van der Waals surface area contributed by atoms with Crippen molar-refractivity contribution in [1.29, 1.82) is 0 Å². The van der Waals surface area contributed by atoms with Gasteiger partial charge in [-0.25, -0.2) is 9.59 Å². The van der Waals surface area contributed by atoms with Crippen LogP contribution in [-0.2, 0) is 20.8 Å². The molecule has 1 aliphatic heterocycles. The summed E-state index contributed by atoms with van der Waals surface area (Å²) in [4.78, 5) is 30.8. The standard InChI is InChI=1S/C23H27ClN2O5/c1-7-30-18(27)9-8-15-20(24)17(29-6)10-16-19-13(2)26(22(28)31-23(3,4)5)12-14(19)11-25-21(15)16/h8-11,13H,7,12H2,1-6H3/b9-8+/t13-/m0/s1. The van der Waals surface area contributed by atoms with E-state index in [4.69, 9.17) is 25.8 Å². The molecule has 1 aromatic carbocycles. The average Bonchev–Trinajstić information content (AvgIpc) is 3.03. The Morgan fingerprint density at radius 1 is 1.35 bits per heavy atom. The van der Waals surface area contributed by atoms with Crippen molar-refractivity contribution in [2.75, 3.05) is 13.7 Å². The van der Waals surface area contributed by atoms with Gasteiger partial charge < -0.3 is 14.2 Å². The molecule has 0 saturated carbocycles. The van der Waals surface area contributed by atoms with Gasteiger partial charge in [0.2, 0.25) is 0 Å². The monoisotopic (exact) mass is 446 g/mol. The van der Waals surface area contributed by atoms with Crippen LogP contribution < -0.4 is 4.74 Å². The number of amides is 1. The van der Waals surface area contributed by atoms with E-state index in [0.717, 1.165) is 16.5 Å². The van der Waals surface area contributed by atoms with E-state index in [9.17, 15) is 9.59 Å². The first-order valence-corrected chi connectivity index (χ1v) is 10.5. The van der Waals surface area contributed by atoms with E-state index >= 15 is 0 Å². The SMILES string of the molecule is CCOC(=O)/C=C/c1c(Cl)c(OC)cc2c3c(cnc12)CN(C(=O)OC(C)(C)C)[C@H]3C. The van der Waals surface area contributed by atoms with Crippen LogP contribution in [0.2, 0.25) is 5.02 Å². The Kier molecular flexibility index (Phi) is 6.46. The van der Waals surface area contributed by atoms with Crippen LogP contribution in [0.15, 0.2) is 18.3 Å². The zero-order valence-corrected chi connectivity index (χ0v) is 19.4. The van der Waals surface area contributed by atoms with E-state index in [1.807, 2.05) is 33.8 Å². The molecule has 3 rings (SSSR count). The van der Waals surface area contributed by atoms with Crippen LogP contribution in [0.3, 0.4) is 0 Å². The highest BCUT2D eigenvalue weighted by molar-refractivity contribution is 6.35. The molecule has 0 saturated heterocycles. The van der Waals surface area contributed by atoms with Crippen molar-refractivity contribution in [3.05, 3.63) is 40.1 Å². The van der Waals surface area contributed by atoms with E-state index in [1.54, 1.807) is 24.1 Å². The third-order valence-corrected chi connectivity index (χ3v) is 5.36. The predicted octanol–water partition coefficient (Wildman–Crippen LogP) is 5.28. The smallest absolute Gasteiger partial charge is 0.411 e. The molecule has 0 fully saturated rings. The summed E-state index contributed by atoms with van der Waals surface area (Å²) in [5.74, 6) is -0.0176. The summed E-state index contributed by atoms with van der Waals surface area (Å²) >= 11 is 6.53. The molecule has 2 aromatic rings. The third-order valence-electron chi connectivity index (χ3n) is 4.97. The minimum absolute atomic E-state index is 0.233. The van der Waals surface area contributed by atoms with Gasteiger partial charge in [-0.1, -0.05) is 11.6 Å². The minimum atomic E-state index is -0.590. The average molecular weight is 447 g/mol. The molecule has 166 valence electrons. The van der Waals surface area contributed by atoms with Gasteiger partial charge >= 0.3 is 12.1 Å². The number of benzene rings is 1. The van der Waals surface area contributed by atoms with E-state index < -0.39 is 11.6 Å². The third kappa shape index (κ3) is 4.61. The molecule has 0 N–H and O–H groups in total. The van der Waals surface area contributed by atoms with Crippen molar-refractivity contribution in [1.82, 2.24) is 9.88 Å². The zero-order valence-electron chi connectivity index (χ0n) is 18.6. The second-order valence-corrected chi connectivity index (χ2v) is 8.65. The van der Waals surface area contributed by atoms with Crippen molar-refractivity contribution < 1.29 is 23.8 Å². The first-order valence-electron chi connectivity index (χ1n) is 10.1. The quantitative estimate of drug-likeness (QED) is 0.469. The second kappa shape index (κ2) is 8.75. The summed E-state index contributed by atoms with van der Waals surface area (Å²) < 4.78 is 16.0. The molecule has 7 nitrogen and oxygen atoms in total. The van der Waals surface area contributed by atoms with Gasteiger partial charge in [-0.05, 0) is 57.9 Å². The van der Waals surface area contributed by atoms with Crippen LogP contribution in [0.25, 0.3) is 17.0 Å². The summed E-state index contributed by atoms with van der Waals surface area (Å²) in [6.45, 7) is 9.87. The number of esters is 1. The van der Waals surface area contributed by atoms with Gasteiger partial charge in [0.15, 0.2) is 0 Å². The molecule has 1 aromatic heterocycles. The number of carbonyl (C=O) groups is 2. The molecule has 0 aliphatic carbocycles. The molecule has 1 atom stereocenters. The number of carbonyl (C=O) groups excluding carboxylic acids is 2. The van der Waals surface area contributed by atoms with Crippen LogP contribution in [0.5, 0.6) is 5.75 Å². The number of pyridine rings is 1. The molecule has 0 bridgehead atoms.